The SMILES string of the molecule is Cc1cccc(OC(F)F)c1NC(=O)C1(C)CCN1C(=O)C1(c2ccccc2)CC1. The van der Waals surface area contributed by atoms with E-state index in [0.29, 0.717) is 18.5 Å². The lowest BCUT2D eigenvalue weighted by atomic mass is 9.82. The molecule has 2 aromatic carbocycles. The van der Waals surface area contributed by atoms with Crippen molar-refractivity contribution < 1.29 is 23.1 Å². The van der Waals surface area contributed by atoms with Gasteiger partial charge in [-0.15, -0.1) is 0 Å². The minimum atomic E-state index is -3.00. The van der Waals surface area contributed by atoms with Gasteiger partial charge in [-0.3, -0.25) is 9.59 Å². The topological polar surface area (TPSA) is 58.6 Å². The van der Waals surface area contributed by atoms with Crippen molar-refractivity contribution in [1.82, 2.24) is 4.90 Å². The van der Waals surface area contributed by atoms with Crippen LogP contribution in [0.5, 0.6) is 5.75 Å². The van der Waals surface area contributed by atoms with Gasteiger partial charge in [0.15, 0.2) is 0 Å². The van der Waals surface area contributed by atoms with Gasteiger partial charge in [0.2, 0.25) is 11.8 Å². The molecule has 1 N–H and O–H groups in total. The number of likely N-dealkylation sites (tertiary alicyclic amines) is 1. The number of hydrogen-bond donors (Lipinski definition) is 1. The molecular formula is C23H24F2N2O3. The molecule has 2 aromatic rings. The standard InChI is InChI=1S/C23H24F2N2O3/c1-15-7-6-10-17(30-21(24)25)18(15)26-19(28)22(2)13-14-27(22)20(29)23(11-12-23)16-8-4-3-5-9-16/h3-10,21H,11-14H2,1-2H3,(H,26,28). The van der Waals surface area contributed by atoms with Gasteiger partial charge in [0, 0.05) is 6.54 Å². The van der Waals surface area contributed by atoms with Crippen molar-refractivity contribution in [3.8, 4) is 5.75 Å². The highest BCUT2D eigenvalue weighted by Gasteiger charge is 2.59. The van der Waals surface area contributed by atoms with Gasteiger partial charge in [-0.25, -0.2) is 0 Å². The average molecular weight is 414 g/mol. The first-order chi connectivity index (χ1) is 14.3. The zero-order valence-electron chi connectivity index (χ0n) is 17.0. The summed E-state index contributed by atoms with van der Waals surface area (Å²) in [4.78, 5) is 28.2. The molecule has 158 valence electrons. The summed E-state index contributed by atoms with van der Waals surface area (Å²) in [5, 5.41) is 2.73. The Balaban J connectivity index is 1.55. The Bertz CT molecular complexity index is 976. The number of nitrogens with zero attached hydrogens (tertiary/aromatic N) is 1. The molecule has 2 amide bonds. The molecule has 0 aromatic heterocycles. The third-order valence-corrected chi connectivity index (χ3v) is 6.33. The first kappa shape index (κ1) is 20.3. The summed E-state index contributed by atoms with van der Waals surface area (Å²) in [6.07, 6.45) is 2.02. The summed E-state index contributed by atoms with van der Waals surface area (Å²) in [6.45, 7) is 0.914. The maximum absolute atomic E-state index is 13.4. The van der Waals surface area contributed by atoms with E-state index in [2.05, 4.69) is 10.1 Å². The van der Waals surface area contributed by atoms with E-state index in [-0.39, 0.29) is 17.3 Å². The van der Waals surface area contributed by atoms with Gasteiger partial charge in [-0.05, 0) is 50.3 Å². The van der Waals surface area contributed by atoms with Crippen molar-refractivity contribution in [3.05, 3.63) is 59.7 Å². The molecular weight excluding hydrogens is 390 g/mol. The highest BCUT2D eigenvalue weighted by molar-refractivity contribution is 6.04. The van der Waals surface area contributed by atoms with Crippen LogP contribution in [0.2, 0.25) is 0 Å². The number of amides is 2. The van der Waals surface area contributed by atoms with Crippen LogP contribution in [0.1, 0.15) is 37.3 Å². The minimum absolute atomic E-state index is 0.0496. The van der Waals surface area contributed by atoms with E-state index >= 15 is 0 Å². The van der Waals surface area contributed by atoms with E-state index in [0.717, 1.165) is 18.4 Å². The van der Waals surface area contributed by atoms with Crippen molar-refractivity contribution in [3.63, 3.8) is 0 Å². The number of carbonyl (C=O) groups excluding carboxylic acids is 2. The fourth-order valence-corrected chi connectivity index (χ4v) is 4.13. The summed E-state index contributed by atoms with van der Waals surface area (Å²) in [5.74, 6) is -0.548. The Hall–Kier alpha value is -2.96. The summed E-state index contributed by atoms with van der Waals surface area (Å²) in [6, 6.07) is 14.3. The zero-order chi connectivity index (χ0) is 21.5. The van der Waals surface area contributed by atoms with E-state index in [1.165, 1.54) is 6.07 Å². The molecule has 2 fully saturated rings. The molecule has 4 rings (SSSR count). The molecule has 1 aliphatic heterocycles. The van der Waals surface area contributed by atoms with E-state index in [9.17, 15) is 18.4 Å². The Morgan fingerprint density at radius 3 is 2.33 bits per heavy atom. The fraction of sp³-hybridized carbons (Fsp3) is 0.391. The molecule has 30 heavy (non-hydrogen) atoms. The first-order valence-electron chi connectivity index (χ1n) is 10.0. The van der Waals surface area contributed by atoms with E-state index in [1.54, 1.807) is 30.9 Å². The summed E-state index contributed by atoms with van der Waals surface area (Å²) >= 11 is 0. The number of carbonyl (C=O) groups is 2. The van der Waals surface area contributed by atoms with Crippen LogP contribution in [0.4, 0.5) is 14.5 Å². The number of rotatable bonds is 6. The first-order valence-corrected chi connectivity index (χ1v) is 10.0. The van der Waals surface area contributed by atoms with Crippen molar-refractivity contribution in [1.29, 1.82) is 0 Å². The smallest absolute Gasteiger partial charge is 0.387 e. The lowest BCUT2D eigenvalue weighted by Gasteiger charge is -2.50. The van der Waals surface area contributed by atoms with Gasteiger partial charge in [0.1, 0.15) is 11.3 Å². The van der Waals surface area contributed by atoms with Crippen LogP contribution in [-0.2, 0) is 15.0 Å². The predicted octanol–water partition coefficient (Wildman–Crippen LogP) is 4.26. The number of benzene rings is 2. The highest BCUT2D eigenvalue weighted by Crippen LogP contribution is 2.52. The number of anilines is 1. The van der Waals surface area contributed by atoms with Crippen molar-refractivity contribution in [2.45, 2.75) is 50.7 Å². The molecule has 2 aliphatic rings. The minimum Gasteiger partial charge on any atom is -0.433 e. The van der Waals surface area contributed by atoms with Crippen LogP contribution in [0.15, 0.2) is 48.5 Å². The highest BCUT2D eigenvalue weighted by atomic mass is 19.3. The number of hydrogen-bond acceptors (Lipinski definition) is 3. The number of alkyl halides is 2. The number of para-hydroxylation sites is 1. The lowest BCUT2D eigenvalue weighted by molar-refractivity contribution is -0.156. The van der Waals surface area contributed by atoms with E-state index in [4.69, 9.17) is 0 Å². The Kier molecular flexibility index (Phi) is 5.00. The molecule has 1 unspecified atom stereocenters. The third kappa shape index (κ3) is 3.32. The molecule has 1 aliphatic carbocycles. The van der Waals surface area contributed by atoms with Gasteiger partial charge < -0.3 is 15.0 Å². The normalized spacial score (nSPS) is 21.7. The van der Waals surface area contributed by atoms with Crippen LogP contribution in [0.25, 0.3) is 0 Å². The number of nitrogens with one attached hydrogen (secondary N) is 1. The molecule has 1 saturated heterocycles. The summed E-state index contributed by atoms with van der Waals surface area (Å²) in [5.41, 5.74) is 0.177. The number of halogens is 2. The molecule has 1 heterocycles. The molecule has 1 atom stereocenters. The monoisotopic (exact) mass is 414 g/mol. The Morgan fingerprint density at radius 1 is 1.07 bits per heavy atom. The van der Waals surface area contributed by atoms with Crippen LogP contribution in [0.3, 0.4) is 0 Å². The summed E-state index contributed by atoms with van der Waals surface area (Å²) < 4.78 is 30.1. The Morgan fingerprint density at radius 2 is 1.77 bits per heavy atom. The molecule has 7 heteroatoms. The van der Waals surface area contributed by atoms with Crippen LogP contribution in [-0.4, -0.2) is 35.4 Å². The molecule has 0 radical (unpaired) electrons. The lowest BCUT2D eigenvalue weighted by Crippen LogP contribution is -2.67. The van der Waals surface area contributed by atoms with Crippen molar-refractivity contribution >= 4 is 17.5 Å². The second-order valence-electron chi connectivity index (χ2n) is 8.21. The van der Waals surface area contributed by atoms with Crippen LogP contribution >= 0.6 is 0 Å². The second-order valence-corrected chi connectivity index (χ2v) is 8.21. The number of aryl methyl sites for hydroxylation is 1. The molecule has 0 bridgehead atoms. The largest absolute Gasteiger partial charge is 0.433 e. The zero-order valence-corrected chi connectivity index (χ0v) is 17.0. The maximum Gasteiger partial charge on any atom is 0.387 e. The van der Waals surface area contributed by atoms with Gasteiger partial charge in [0.25, 0.3) is 0 Å². The van der Waals surface area contributed by atoms with Gasteiger partial charge >= 0.3 is 6.61 Å². The average Bonchev–Trinajstić information content (AvgIpc) is 3.51. The fourth-order valence-electron chi connectivity index (χ4n) is 4.13. The van der Waals surface area contributed by atoms with Crippen LogP contribution < -0.4 is 10.1 Å². The molecule has 1 saturated carbocycles. The maximum atomic E-state index is 13.4. The van der Waals surface area contributed by atoms with Gasteiger partial charge in [-0.1, -0.05) is 42.5 Å². The molecule has 5 nitrogen and oxygen atoms in total. The van der Waals surface area contributed by atoms with E-state index in [1.807, 2.05) is 30.3 Å². The quantitative estimate of drug-likeness (QED) is 0.769. The summed E-state index contributed by atoms with van der Waals surface area (Å²) in [7, 11) is 0. The van der Waals surface area contributed by atoms with Gasteiger partial charge in [0.05, 0.1) is 11.1 Å². The predicted molar refractivity (Wildman–Crippen MR) is 109 cm³/mol. The second kappa shape index (κ2) is 7.38. The van der Waals surface area contributed by atoms with Gasteiger partial charge in [-0.2, -0.15) is 8.78 Å². The van der Waals surface area contributed by atoms with E-state index < -0.39 is 23.5 Å². The van der Waals surface area contributed by atoms with Crippen molar-refractivity contribution in [2.75, 3.05) is 11.9 Å². The third-order valence-electron chi connectivity index (χ3n) is 6.33. The Labute approximate surface area is 174 Å². The molecule has 0 spiro atoms. The van der Waals surface area contributed by atoms with Crippen molar-refractivity contribution in [2.24, 2.45) is 0 Å². The van der Waals surface area contributed by atoms with Crippen LogP contribution in [0, 0.1) is 6.92 Å². The number of ether oxygens (including phenoxy) is 1.